The number of carbonyl (C=O) groups excluding carboxylic acids is 1. The van der Waals surface area contributed by atoms with Gasteiger partial charge in [0.2, 0.25) is 5.75 Å². The maximum absolute atomic E-state index is 10.8. The highest BCUT2D eigenvalue weighted by Crippen LogP contribution is 2.40. The first-order valence-electron chi connectivity index (χ1n) is 4.85. The zero-order chi connectivity index (χ0) is 11.9. The van der Waals surface area contributed by atoms with Crippen LogP contribution in [0.15, 0.2) is 10.5 Å². The van der Waals surface area contributed by atoms with Crippen molar-refractivity contribution in [3.63, 3.8) is 0 Å². The molecule has 1 N–H and O–H groups in total. The molecule has 1 heterocycles. The summed E-state index contributed by atoms with van der Waals surface area (Å²) in [5, 5.41) is 10.6. The minimum absolute atomic E-state index is 0.182. The number of aromatic hydroxyl groups is 1. The molecule has 16 heavy (non-hydrogen) atoms. The van der Waals surface area contributed by atoms with Crippen molar-refractivity contribution in [2.24, 2.45) is 0 Å². The maximum Gasteiger partial charge on any atom is 0.205 e. The lowest BCUT2D eigenvalue weighted by molar-refractivity contribution is 0.112. The summed E-state index contributed by atoms with van der Waals surface area (Å²) in [6.45, 7) is 3.72. The quantitative estimate of drug-likeness (QED) is 0.790. The molecule has 4 heteroatoms. The summed E-state index contributed by atoms with van der Waals surface area (Å²) in [5.41, 5.74) is 1.62. The lowest BCUT2D eigenvalue weighted by Gasteiger charge is -2.05. The van der Waals surface area contributed by atoms with Crippen LogP contribution < -0.4 is 4.74 Å². The van der Waals surface area contributed by atoms with E-state index in [4.69, 9.17) is 9.15 Å². The first-order valence-corrected chi connectivity index (χ1v) is 4.85. The van der Waals surface area contributed by atoms with Crippen LogP contribution in [0.5, 0.6) is 11.5 Å². The molecule has 0 amide bonds. The zero-order valence-electron chi connectivity index (χ0n) is 9.33. The highest BCUT2D eigenvalue weighted by molar-refractivity contribution is 5.96. The number of aryl methyl sites for hydroxylation is 2. The second-order valence-electron chi connectivity index (χ2n) is 3.63. The lowest BCUT2D eigenvalue weighted by atomic mass is 10.1. The summed E-state index contributed by atoms with van der Waals surface area (Å²) in [7, 11) is 1.43. The molecule has 0 saturated heterocycles. The van der Waals surface area contributed by atoms with Gasteiger partial charge in [0.05, 0.1) is 12.7 Å². The van der Waals surface area contributed by atoms with E-state index in [0.29, 0.717) is 11.9 Å². The van der Waals surface area contributed by atoms with Crippen LogP contribution in [-0.4, -0.2) is 18.5 Å². The molecular weight excluding hydrogens is 208 g/mol. The van der Waals surface area contributed by atoms with Crippen LogP contribution in [0.2, 0.25) is 0 Å². The van der Waals surface area contributed by atoms with Gasteiger partial charge in [-0.25, -0.2) is 0 Å². The number of carbonyl (C=O) groups is 1. The number of aldehydes is 1. The Morgan fingerprint density at radius 2 is 2.12 bits per heavy atom. The van der Waals surface area contributed by atoms with E-state index in [9.17, 15) is 9.90 Å². The Hall–Kier alpha value is -1.97. The largest absolute Gasteiger partial charge is 0.504 e. The number of fused-ring (bicyclic) bond motifs is 1. The van der Waals surface area contributed by atoms with Crippen LogP contribution >= 0.6 is 0 Å². The summed E-state index contributed by atoms with van der Waals surface area (Å²) < 4.78 is 10.6. The Labute approximate surface area is 92.4 Å². The fourth-order valence-electron chi connectivity index (χ4n) is 1.73. The van der Waals surface area contributed by atoms with E-state index in [0.717, 1.165) is 16.7 Å². The Balaban J connectivity index is 2.95. The van der Waals surface area contributed by atoms with Gasteiger partial charge in [-0.1, -0.05) is 0 Å². The SMILES string of the molecule is COc1c(O)c(C=O)cc2c(C)c(C)oc12. The highest BCUT2D eigenvalue weighted by Gasteiger charge is 2.18. The molecule has 0 fully saturated rings. The van der Waals surface area contributed by atoms with Gasteiger partial charge in [0.25, 0.3) is 0 Å². The van der Waals surface area contributed by atoms with Gasteiger partial charge in [-0.05, 0) is 25.5 Å². The third kappa shape index (κ3) is 1.26. The summed E-state index contributed by atoms with van der Waals surface area (Å²) in [4.78, 5) is 10.8. The molecule has 1 aromatic carbocycles. The topological polar surface area (TPSA) is 59.7 Å². The van der Waals surface area contributed by atoms with E-state index in [-0.39, 0.29) is 17.1 Å². The first-order chi connectivity index (χ1) is 7.60. The number of phenols is 1. The van der Waals surface area contributed by atoms with E-state index in [1.807, 2.05) is 13.8 Å². The molecular formula is C12H12O4. The molecule has 0 radical (unpaired) electrons. The van der Waals surface area contributed by atoms with Gasteiger partial charge in [-0.2, -0.15) is 0 Å². The number of rotatable bonds is 2. The smallest absolute Gasteiger partial charge is 0.205 e. The third-order valence-corrected chi connectivity index (χ3v) is 2.76. The van der Waals surface area contributed by atoms with Gasteiger partial charge in [0, 0.05) is 5.39 Å². The minimum atomic E-state index is -0.182. The fourth-order valence-corrected chi connectivity index (χ4v) is 1.73. The lowest BCUT2D eigenvalue weighted by Crippen LogP contribution is -1.89. The number of ether oxygens (including phenoxy) is 1. The van der Waals surface area contributed by atoms with E-state index >= 15 is 0 Å². The molecule has 0 spiro atoms. The summed E-state index contributed by atoms with van der Waals surface area (Å²) in [6.07, 6.45) is 0.596. The van der Waals surface area contributed by atoms with Crippen LogP contribution in [0.25, 0.3) is 11.0 Å². The van der Waals surface area contributed by atoms with Crippen molar-refractivity contribution in [1.82, 2.24) is 0 Å². The summed E-state index contributed by atoms with van der Waals surface area (Å²) >= 11 is 0. The van der Waals surface area contributed by atoms with E-state index in [1.54, 1.807) is 6.07 Å². The van der Waals surface area contributed by atoms with Crippen molar-refractivity contribution in [3.8, 4) is 11.5 Å². The average Bonchev–Trinajstić information content (AvgIpc) is 2.55. The predicted molar refractivity (Wildman–Crippen MR) is 59.3 cm³/mol. The Morgan fingerprint density at radius 1 is 1.44 bits per heavy atom. The van der Waals surface area contributed by atoms with E-state index in [2.05, 4.69) is 0 Å². The normalized spacial score (nSPS) is 10.7. The van der Waals surface area contributed by atoms with E-state index < -0.39 is 0 Å². The van der Waals surface area contributed by atoms with Crippen molar-refractivity contribution in [2.45, 2.75) is 13.8 Å². The minimum Gasteiger partial charge on any atom is -0.504 e. The Morgan fingerprint density at radius 3 is 2.69 bits per heavy atom. The molecule has 0 saturated carbocycles. The van der Waals surface area contributed by atoms with Crippen LogP contribution in [0.1, 0.15) is 21.7 Å². The molecule has 0 aliphatic carbocycles. The number of phenolic OH excluding ortho intramolecular Hbond substituents is 1. The number of furan rings is 1. The van der Waals surface area contributed by atoms with E-state index in [1.165, 1.54) is 7.11 Å². The molecule has 84 valence electrons. The maximum atomic E-state index is 10.8. The third-order valence-electron chi connectivity index (χ3n) is 2.76. The van der Waals surface area contributed by atoms with Crippen molar-refractivity contribution in [3.05, 3.63) is 23.0 Å². The average molecular weight is 220 g/mol. The molecule has 0 atom stereocenters. The van der Waals surface area contributed by atoms with Crippen molar-refractivity contribution in [2.75, 3.05) is 7.11 Å². The molecule has 0 aliphatic rings. The molecule has 4 nitrogen and oxygen atoms in total. The van der Waals surface area contributed by atoms with Crippen molar-refractivity contribution >= 4 is 17.3 Å². The molecule has 0 unspecified atom stereocenters. The predicted octanol–water partition coefficient (Wildman–Crippen LogP) is 2.58. The standard InChI is InChI=1S/C12H12O4/c1-6-7(2)16-11-9(6)4-8(5-13)10(14)12(11)15-3/h4-5,14H,1-3H3. The van der Waals surface area contributed by atoms with Gasteiger partial charge in [-0.15, -0.1) is 0 Å². The number of hydrogen-bond donors (Lipinski definition) is 1. The first kappa shape index (κ1) is 10.5. The monoisotopic (exact) mass is 220 g/mol. The summed E-state index contributed by atoms with van der Waals surface area (Å²) in [6, 6.07) is 1.60. The second-order valence-corrected chi connectivity index (χ2v) is 3.63. The van der Waals surface area contributed by atoms with Crippen LogP contribution in [0.4, 0.5) is 0 Å². The molecule has 0 aliphatic heterocycles. The highest BCUT2D eigenvalue weighted by atomic mass is 16.5. The van der Waals surface area contributed by atoms with Gasteiger partial charge in [0.1, 0.15) is 5.76 Å². The number of hydrogen-bond acceptors (Lipinski definition) is 4. The van der Waals surface area contributed by atoms with Gasteiger partial charge < -0.3 is 14.3 Å². The van der Waals surface area contributed by atoms with Gasteiger partial charge >= 0.3 is 0 Å². The van der Waals surface area contributed by atoms with Crippen molar-refractivity contribution < 1.29 is 19.1 Å². The number of benzene rings is 1. The zero-order valence-corrected chi connectivity index (χ0v) is 9.33. The molecule has 2 rings (SSSR count). The van der Waals surface area contributed by atoms with Crippen LogP contribution in [-0.2, 0) is 0 Å². The van der Waals surface area contributed by atoms with Crippen LogP contribution in [0.3, 0.4) is 0 Å². The van der Waals surface area contributed by atoms with Crippen LogP contribution in [0, 0.1) is 13.8 Å². The fraction of sp³-hybridized carbons (Fsp3) is 0.250. The summed E-state index contributed by atoms with van der Waals surface area (Å²) in [5.74, 6) is 0.769. The second kappa shape index (κ2) is 3.56. The molecule has 1 aromatic heterocycles. The molecule has 2 aromatic rings. The van der Waals surface area contributed by atoms with Gasteiger partial charge in [-0.3, -0.25) is 4.79 Å². The Kier molecular flexibility index (Phi) is 2.34. The molecule has 0 bridgehead atoms. The van der Waals surface area contributed by atoms with Crippen molar-refractivity contribution in [1.29, 1.82) is 0 Å². The Bertz CT molecular complexity index is 566. The van der Waals surface area contributed by atoms with Gasteiger partial charge in [0.15, 0.2) is 17.6 Å². The number of methoxy groups -OCH3 is 1.